The number of benzene rings is 2. The molecule has 32 heavy (non-hydrogen) atoms. The molecule has 1 heterocycles. The van der Waals surface area contributed by atoms with Crippen molar-refractivity contribution in [2.45, 2.75) is 20.3 Å². The molecule has 0 radical (unpaired) electrons. The zero-order valence-electron chi connectivity index (χ0n) is 18.5. The fourth-order valence-corrected chi connectivity index (χ4v) is 3.08. The van der Waals surface area contributed by atoms with Crippen molar-refractivity contribution in [3.05, 3.63) is 86.8 Å². The third kappa shape index (κ3) is 4.73. The van der Waals surface area contributed by atoms with Crippen molar-refractivity contribution in [1.29, 1.82) is 5.26 Å². The summed E-state index contributed by atoms with van der Waals surface area (Å²) in [6.45, 7) is 3.55. The molecule has 3 rings (SSSR count). The second-order valence-corrected chi connectivity index (χ2v) is 7.38. The van der Waals surface area contributed by atoms with Crippen LogP contribution >= 0.6 is 0 Å². The predicted octanol–water partition coefficient (Wildman–Crippen LogP) is 2.80. The van der Waals surface area contributed by atoms with E-state index in [1.165, 1.54) is 13.1 Å². The topological polar surface area (TPSA) is 103 Å². The Bertz CT molecular complexity index is 1250. The monoisotopic (exact) mass is 428 g/mol. The Balaban J connectivity index is 1.89. The third-order valence-corrected chi connectivity index (χ3v) is 5.04. The first-order valence-corrected chi connectivity index (χ1v) is 10.1. The van der Waals surface area contributed by atoms with Gasteiger partial charge in [0.15, 0.2) is 5.69 Å². The van der Waals surface area contributed by atoms with Gasteiger partial charge in [-0.05, 0) is 48.7 Å². The number of amides is 1. The molecular weight excluding hydrogens is 404 g/mol. The van der Waals surface area contributed by atoms with Gasteiger partial charge in [0.1, 0.15) is 11.6 Å². The summed E-state index contributed by atoms with van der Waals surface area (Å²) in [6, 6.07) is 16.7. The van der Waals surface area contributed by atoms with E-state index in [9.17, 15) is 14.9 Å². The molecule has 1 aromatic heterocycles. The Kier molecular flexibility index (Phi) is 6.80. The van der Waals surface area contributed by atoms with E-state index in [0.29, 0.717) is 5.69 Å². The number of nitrogens with one attached hydrogen (secondary N) is 1. The first-order chi connectivity index (χ1) is 15.3. The number of carbonyl (C=O) groups excluding carboxylic acids is 1. The summed E-state index contributed by atoms with van der Waals surface area (Å²) in [6.07, 6.45) is 2.36. The van der Waals surface area contributed by atoms with Crippen LogP contribution in [0, 0.1) is 18.3 Å². The molecule has 0 saturated heterocycles. The summed E-state index contributed by atoms with van der Waals surface area (Å²) in [4.78, 5) is 27.5. The molecule has 0 aliphatic rings. The standard InChI is InChI=1S/C24H24N6O2/c1-5-17-6-12-20(13-7-17)30-24(32)21(14-25)16(2)22(28-30)23(31)27-26-15-18-8-10-19(11-9-18)29(3)4/h6-13,15H,5H2,1-4H3,(H,27,31)/b26-15+. The fourth-order valence-electron chi connectivity index (χ4n) is 3.08. The molecule has 0 spiro atoms. The quantitative estimate of drug-likeness (QED) is 0.480. The van der Waals surface area contributed by atoms with Gasteiger partial charge in [-0.15, -0.1) is 0 Å². The highest BCUT2D eigenvalue weighted by molar-refractivity contribution is 5.94. The van der Waals surface area contributed by atoms with Gasteiger partial charge in [-0.2, -0.15) is 20.1 Å². The Morgan fingerprint density at radius 3 is 2.41 bits per heavy atom. The summed E-state index contributed by atoms with van der Waals surface area (Å²) >= 11 is 0. The van der Waals surface area contributed by atoms with E-state index in [1.807, 2.05) is 68.4 Å². The second kappa shape index (κ2) is 9.71. The van der Waals surface area contributed by atoms with Crippen molar-refractivity contribution in [3.8, 4) is 11.8 Å². The molecule has 0 aliphatic carbocycles. The number of nitrogens with zero attached hydrogens (tertiary/aromatic N) is 5. The summed E-state index contributed by atoms with van der Waals surface area (Å²) < 4.78 is 1.07. The maximum Gasteiger partial charge on any atom is 0.292 e. The van der Waals surface area contributed by atoms with Gasteiger partial charge in [0.2, 0.25) is 0 Å². The third-order valence-electron chi connectivity index (χ3n) is 5.04. The van der Waals surface area contributed by atoms with E-state index in [4.69, 9.17) is 0 Å². The molecule has 0 unspecified atom stereocenters. The molecule has 8 heteroatoms. The number of hydrogen-bond acceptors (Lipinski definition) is 6. The number of anilines is 1. The van der Waals surface area contributed by atoms with Crippen LogP contribution in [0.5, 0.6) is 0 Å². The van der Waals surface area contributed by atoms with Crippen LogP contribution in [0.15, 0.2) is 58.4 Å². The molecule has 2 aromatic carbocycles. The molecule has 0 aliphatic heterocycles. The lowest BCUT2D eigenvalue weighted by molar-refractivity contribution is 0.0947. The molecule has 0 atom stereocenters. The minimum atomic E-state index is -0.612. The van der Waals surface area contributed by atoms with E-state index < -0.39 is 11.5 Å². The van der Waals surface area contributed by atoms with Gasteiger partial charge in [0, 0.05) is 25.3 Å². The van der Waals surface area contributed by atoms with Crippen molar-refractivity contribution >= 4 is 17.8 Å². The number of hydrogen-bond donors (Lipinski definition) is 1. The van der Waals surface area contributed by atoms with Crippen molar-refractivity contribution in [2.24, 2.45) is 5.10 Å². The molecule has 1 amide bonds. The molecule has 3 aromatic rings. The number of hydrazone groups is 1. The molecule has 0 fully saturated rings. The maximum atomic E-state index is 12.7. The molecule has 1 N–H and O–H groups in total. The zero-order valence-corrected chi connectivity index (χ0v) is 18.5. The Morgan fingerprint density at radius 1 is 1.19 bits per heavy atom. The smallest absolute Gasteiger partial charge is 0.292 e. The number of carbonyl (C=O) groups is 1. The summed E-state index contributed by atoms with van der Waals surface area (Å²) in [5, 5.41) is 17.7. The Labute approximate surface area is 186 Å². The minimum absolute atomic E-state index is 0.0409. The van der Waals surface area contributed by atoms with Crippen LogP contribution in [0.3, 0.4) is 0 Å². The molecule has 8 nitrogen and oxygen atoms in total. The van der Waals surface area contributed by atoms with Crippen molar-refractivity contribution in [2.75, 3.05) is 19.0 Å². The lowest BCUT2D eigenvalue weighted by Gasteiger charge is -2.12. The normalized spacial score (nSPS) is 10.7. The van der Waals surface area contributed by atoms with E-state index in [0.717, 1.165) is 27.9 Å². The largest absolute Gasteiger partial charge is 0.378 e. The van der Waals surface area contributed by atoms with Gasteiger partial charge in [-0.1, -0.05) is 31.2 Å². The number of aryl methyl sites for hydroxylation is 1. The van der Waals surface area contributed by atoms with Crippen molar-refractivity contribution < 1.29 is 4.79 Å². The van der Waals surface area contributed by atoms with Crippen LogP contribution in [0.25, 0.3) is 5.69 Å². The van der Waals surface area contributed by atoms with Crippen LogP contribution < -0.4 is 15.9 Å². The average molecular weight is 428 g/mol. The summed E-state index contributed by atoms with van der Waals surface area (Å²) in [5.74, 6) is -0.612. The van der Waals surface area contributed by atoms with E-state index >= 15 is 0 Å². The lowest BCUT2D eigenvalue weighted by Crippen LogP contribution is -2.31. The van der Waals surface area contributed by atoms with Crippen molar-refractivity contribution in [3.63, 3.8) is 0 Å². The summed E-state index contributed by atoms with van der Waals surface area (Å²) in [5.41, 5.74) is 5.31. The van der Waals surface area contributed by atoms with E-state index in [2.05, 4.69) is 15.6 Å². The highest BCUT2D eigenvalue weighted by Crippen LogP contribution is 2.13. The molecular formula is C24H24N6O2. The van der Waals surface area contributed by atoms with Crippen LogP contribution in [-0.4, -0.2) is 36.0 Å². The van der Waals surface area contributed by atoms with Gasteiger partial charge < -0.3 is 4.90 Å². The minimum Gasteiger partial charge on any atom is -0.378 e. The highest BCUT2D eigenvalue weighted by atomic mass is 16.2. The van der Waals surface area contributed by atoms with Gasteiger partial charge >= 0.3 is 0 Å². The highest BCUT2D eigenvalue weighted by Gasteiger charge is 2.20. The predicted molar refractivity (Wildman–Crippen MR) is 124 cm³/mol. The Morgan fingerprint density at radius 2 is 1.84 bits per heavy atom. The molecule has 162 valence electrons. The first kappa shape index (κ1) is 22.4. The van der Waals surface area contributed by atoms with Gasteiger partial charge in [-0.3, -0.25) is 9.59 Å². The molecule has 0 bridgehead atoms. The van der Waals surface area contributed by atoms with Crippen LogP contribution in [0.1, 0.15) is 39.7 Å². The summed E-state index contributed by atoms with van der Waals surface area (Å²) in [7, 11) is 3.90. The van der Waals surface area contributed by atoms with Crippen LogP contribution in [-0.2, 0) is 6.42 Å². The van der Waals surface area contributed by atoms with Crippen LogP contribution in [0.4, 0.5) is 5.69 Å². The van der Waals surface area contributed by atoms with Gasteiger partial charge in [0.25, 0.3) is 11.5 Å². The SMILES string of the molecule is CCc1ccc(-n2nc(C(=O)N/N=C/c3ccc(N(C)C)cc3)c(C)c(C#N)c2=O)cc1. The second-order valence-electron chi connectivity index (χ2n) is 7.38. The van der Waals surface area contributed by atoms with E-state index in [-0.39, 0.29) is 16.8 Å². The first-order valence-electron chi connectivity index (χ1n) is 10.1. The van der Waals surface area contributed by atoms with Gasteiger partial charge in [-0.25, -0.2) is 5.43 Å². The van der Waals surface area contributed by atoms with Gasteiger partial charge in [0.05, 0.1) is 11.9 Å². The average Bonchev–Trinajstić information content (AvgIpc) is 2.80. The molecule has 0 saturated carbocycles. The number of nitriles is 1. The van der Waals surface area contributed by atoms with E-state index in [1.54, 1.807) is 12.1 Å². The Hall–Kier alpha value is -4.25. The lowest BCUT2D eigenvalue weighted by atomic mass is 10.1. The number of aromatic nitrogens is 2. The number of rotatable bonds is 6. The fraction of sp³-hybridized carbons (Fsp3) is 0.208. The van der Waals surface area contributed by atoms with Crippen molar-refractivity contribution in [1.82, 2.24) is 15.2 Å². The maximum absolute atomic E-state index is 12.7. The van der Waals surface area contributed by atoms with Crippen LogP contribution in [0.2, 0.25) is 0 Å². The zero-order chi connectivity index (χ0) is 23.3.